The van der Waals surface area contributed by atoms with Crippen LogP contribution in [0.5, 0.6) is 11.5 Å². The summed E-state index contributed by atoms with van der Waals surface area (Å²) >= 11 is 4.17. The number of aromatic carboxylic acids is 1. The quantitative estimate of drug-likeness (QED) is 0.359. The van der Waals surface area contributed by atoms with E-state index in [1.54, 1.807) is 31.2 Å². The molecule has 1 fully saturated rings. The molecule has 0 bridgehead atoms. The molecule has 1 heterocycles. The van der Waals surface area contributed by atoms with Gasteiger partial charge in [0, 0.05) is 0 Å². The lowest BCUT2D eigenvalue weighted by atomic mass is 10.1. The van der Waals surface area contributed by atoms with Gasteiger partial charge in [0.25, 0.3) is 11.1 Å². The average Bonchev–Trinajstić information content (AvgIpc) is 3.05. The Morgan fingerprint density at radius 2 is 1.88 bits per heavy atom. The average molecular weight is 550 g/mol. The zero-order valence-electron chi connectivity index (χ0n) is 18.2. The molecule has 11 heteroatoms. The molecule has 0 aliphatic carbocycles. The first-order chi connectivity index (χ1) is 16.2. The second kappa shape index (κ2) is 11.2. The third-order valence-corrected chi connectivity index (χ3v) is 6.10. The number of carbonyl (C=O) groups excluding carboxylic acids is 3. The molecule has 0 aromatic heterocycles. The number of hydrogen-bond donors (Lipinski definition) is 1. The van der Waals surface area contributed by atoms with Gasteiger partial charge in [-0.2, -0.15) is 0 Å². The van der Waals surface area contributed by atoms with Gasteiger partial charge in [-0.3, -0.25) is 19.3 Å². The molecular weight excluding hydrogens is 530 g/mol. The van der Waals surface area contributed by atoms with E-state index in [9.17, 15) is 19.2 Å². The normalized spacial score (nSPS) is 14.4. The number of rotatable bonds is 9. The Hall–Kier alpha value is -3.31. The van der Waals surface area contributed by atoms with E-state index in [1.165, 1.54) is 25.3 Å². The van der Waals surface area contributed by atoms with E-state index in [1.807, 2.05) is 0 Å². The predicted octanol–water partition coefficient (Wildman–Crippen LogP) is 4.33. The minimum Gasteiger partial charge on any atom is -0.493 e. The molecule has 0 spiro atoms. The van der Waals surface area contributed by atoms with Crippen LogP contribution < -0.4 is 9.47 Å². The van der Waals surface area contributed by atoms with Crippen molar-refractivity contribution < 1.29 is 38.5 Å². The Bertz CT molecular complexity index is 1160. The summed E-state index contributed by atoms with van der Waals surface area (Å²) < 4.78 is 16.6. The van der Waals surface area contributed by atoms with Crippen LogP contribution in [0.1, 0.15) is 28.4 Å². The maximum absolute atomic E-state index is 12.6. The van der Waals surface area contributed by atoms with Crippen molar-refractivity contribution in [2.75, 3.05) is 20.3 Å². The number of halogens is 1. The van der Waals surface area contributed by atoms with Crippen LogP contribution in [0.2, 0.25) is 0 Å². The van der Waals surface area contributed by atoms with Crippen molar-refractivity contribution in [3.8, 4) is 11.5 Å². The third kappa shape index (κ3) is 5.97. The van der Waals surface area contributed by atoms with Crippen LogP contribution in [0.4, 0.5) is 4.79 Å². The number of ether oxygens (including phenoxy) is 3. The minimum absolute atomic E-state index is 0.154. The van der Waals surface area contributed by atoms with Crippen LogP contribution in [0.15, 0.2) is 45.8 Å². The van der Waals surface area contributed by atoms with E-state index in [0.29, 0.717) is 21.5 Å². The lowest BCUT2D eigenvalue weighted by Crippen LogP contribution is -2.34. The number of carboxylic acids is 1. The standard InChI is InChI=1S/C23H20BrNO8S/c1-3-32-19(26)11-25-21(27)18(34-23(25)30)10-14-8-16(24)20(17(9-14)31-2)33-12-13-4-6-15(7-5-13)22(28)29/h4-10H,3,11-12H2,1-2H3,(H,28,29)/b18-10+. The van der Waals surface area contributed by atoms with Gasteiger partial charge in [-0.15, -0.1) is 0 Å². The van der Waals surface area contributed by atoms with E-state index < -0.39 is 29.6 Å². The highest BCUT2D eigenvalue weighted by Crippen LogP contribution is 2.39. The van der Waals surface area contributed by atoms with Gasteiger partial charge in [0.1, 0.15) is 13.2 Å². The second-order valence-corrected chi connectivity index (χ2v) is 8.75. The summed E-state index contributed by atoms with van der Waals surface area (Å²) in [6, 6.07) is 9.64. The van der Waals surface area contributed by atoms with E-state index in [-0.39, 0.29) is 23.7 Å². The summed E-state index contributed by atoms with van der Waals surface area (Å²) in [7, 11) is 1.47. The molecule has 2 amide bonds. The number of benzene rings is 2. The van der Waals surface area contributed by atoms with Crippen molar-refractivity contribution in [2.24, 2.45) is 0 Å². The highest BCUT2D eigenvalue weighted by Gasteiger charge is 2.36. The molecule has 1 N–H and O–H groups in total. The number of esters is 1. The number of methoxy groups -OCH3 is 1. The molecule has 0 saturated carbocycles. The number of carboxylic acid groups (broad SMARTS) is 1. The van der Waals surface area contributed by atoms with Crippen molar-refractivity contribution in [1.82, 2.24) is 4.90 Å². The summed E-state index contributed by atoms with van der Waals surface area (Å²) in [5.74, 6) is -1.45. The molecular formula is C23H20BrNO8S. The summed E-state index contributed by atoms with van der Waals surface area (Å²) in [6.45, 7) is 1.52. The third-order valence-electron chi connectivity index (χ3n) is 4.60. The first kappa shape index (κ1) is 25.3. The fraction of sp³-hybridized carbons (Fsp3) is 0.217. The smallest absolute Gasteiger partial charge is 0.335 e. The second-order valence-electron chi connectivity index (χ2n) is 6.90. The Labute approximate surface area is 207 Å². The van der Waals surface area contributed by atoms with Crippen molar-refractivity contribution in [1.29, 1.82) is 0 Å². The molecule has 0 atom stereocenters. The topological polar surface area (TPSA) is 119 Å². The zero-order chi connectivity index (χ0) is 24.8. The Morgan fingerprint density at radius 1 is 1.18 bits per heavy atom. The summed E-state index contributed by atoms with van der Waals surface area (Å²) in [5.41, 5.74) is 1.51. The molecule has 1 aliphatic rings. The van der Waals surface area contributed by atoms with E-state index >= 15 is 0 Å². The van der Waals surface area contributed by atoms with Crippen LogP contribution >= 0.6 is 27.7 Å². The molecule has 1 saturated heterocycles. The zero-order valence-corrected chi connectivity index (χ0v) is 20.6. The molecule has 0 radical (unpaired) electrons. The minimum atomic E-state index is -1.01. The Kier molecular flexibility index (Phi) is 8.35. The van der Waals surface area contributed by atoms with E-state index in [2.05, 4.69) is 15.9 Å². The molecule has 2 aromatic rings. The molecule has 34 heavy (non-hydrogen) atoms. The van der Waals surface area contributed by atoms with Crippen molar-refractivity contribution >= 4 is 56.9 Å². The number of imide groups is 1. The highest BCUT2D eigenvalue weighted by atomic mass is 79.9. The van der Waals surface area contributed by atoms with E-state index in [4.69, 9.17) is 19.3 Å². The number of carbonyl (C=O) groups is 4. The van der Waals surface area contributed by atoms with Gasteiger partial charge >= 0.3 is 11.9 Å². The lowest BCUT2D eigenvalue weighted by Gasteiger charge is -2.14. The van der Waals surface area contributed by atoms with Gasteiger partial charge < -0.3 is 19.3 Å². The van der Waals surface area contributed by atoms with E-state index in [0.717, 1.165) is 22.2 Å². The van der Waals surface area contributed by atoms with Crippen LogP contribution in [-0.4, -0.2) is 53.4 Å². The first-order valence-corrected chi connectivity index (χ1v) is 11.6. The van der Waals surface area contributed by atoms with Gasteiger partial charge in [0.15, 0.2) is 11.5 Å². The van der Waals surface area contributed by atoms with Gasteiger partial charge in [0.2, 0.25) is 0 Å². The van der Waals surface area contributed by atoms with Crippen molar-refractivity contribution in [3.05, 3.63) is 62.5 Å². The molecule has 178 valence electrons. The SMILES string of the molecule is CCOC(=O)CN1C(=O)S/C(=C/c2cc(Br)c(OCc3ccc(C(=O)O)cc3)c(OC)c2)C1=O. The fourth-order valence-electron chi connectivity index (χ4n) is 2.99. The first-order valence-electron chi connectivity index (χ1n) is 9.97. The maximum atomic E-state index is 12.6. The van der Waals surface area contributed by atoms with Gasteiger partial charge in [-0.1, -0.05) is 12.1 Å². The molecule has 3 rings (SSSR count). The maximum Gasteiger partial charge on any atom is 0.335 e. The summed E-state index contributed by atoms with van der Waals surface area (Å²) in [4.78, 5) is 48.4. The number of hydrogen-bond acceptors (Lipinski definition) is 8. The summed E-state index contributed by atoms with van der Waals surface area (Å²) in [5, 5.41) is 8.45. The molecule has 9 nitrogen and oxygen atoms in total. The van der Waals surface area contributed by atoms with Crippen LogP contribution in [0.3, 0.4) is 0 Å². The van der Waals surface area contributed by atoms with Gasteiger partial charge in [-0.25, -0.2) is 4.79 Å². The monoisotopic (exact) mass is 549 g/mol. The number of thioether (sulfide) groups is 1. The Morgan fingerprint density at radius 3 is 2.50 bits per heavy atom. The van der Waals surface area contributed by atoms with Gasteiger partial charge in [-0.05, 0) is 76.1 Å². The largest absolute Gasteiger partial charge is 0.493 e. The van der Waals surface area contributed by atoms with Crippen molar-refractivity contribution in [3.63, 3.8) is 0 Å². The lowest BCUT2D eigenvalue weighted by molar-refractivity contribution is -0.145. The molecule has 0 unspecified atom stereocenters. The number of amides is 2. The molecule has 1 aliphatic heterocycles. The van der Waals surface area contributed by atoms with Crippen LogP contribution in [0, 0.1) is 0 Å². The van der Waals surface area contributed by atoms with Crippen LogP contribution in [-0.2, 0) is 20.9 Å². The van der Waals surface area contributed by atoms with Crippen LogP contribution in [0.25, 0.3) is 6.08 Å². The fourth-order valence-corrected chi connectivity index (χ4v) is 4.40. The van der Waals surface area contributed by atoms with Crippen molar-refractivity contribution in [2.45, 2.75) is 13.5 Å². The highest BCUT2D eigenvalue weighted by molar-refractivity contribution is 9.10. The number of nitrogens with zero attached hydrogens (tertiary/aromatic N) is 1. The molecule has 2 aromatic carbocycles. The predicted molar refractivity (Wildman–Crippen MR) is 128 cm³/mol. The van der Waals surface area contributed by atoms with Gasteiger partial charge in [0.05, 0.1) is 28.7 Å². The Balaban J connectivity index is 1.77. The summed E-state index contributed by atoms with van der Waals surface area (Å²) in [6.07, 6.45) is 1.53.